The first-order chi connectivity index (χ1) is 7.17. The van der Waals surface area contributed by atoms with Gasteiger partial charge >= 0.3 is 0 Å². The number of rotatable bonds is 5. The molecular weight excluding hydrogens is 188 g/mol. The molecule has 82 valence electrons. The Morgan fingerprint density at radius 3 is 2.67 bits per heavy atom. The fraction of sp³-hybridized carbons (Fsp3) is 0.462. The molecule has 0 aliphatic rings. The molecule has 1 atom stereocenters. The van der Waals surface area contributed by atoms with Crippen molar-refractivity contribution >= 4 is 6.29 Å². The van der Waals surface area contributed by atoms with E-state index in [1.165, 1.54) is 0 Å². The highest BCUT2D eigenvalue weighted by atomic mass is 16.5. The Morgan fingerprint density at radius 1 is 1.40 bits per heavy atom. The maximum atomic E-state index is 11.0. The standard InChI is InChI=1S/C13H18O2/c1-10(2)7-12(9-14)11-5-4-6-13(8-11)15-3/h4-6,8-10,12H,7H2,1-3H3. The summed E-state index contributed by atoms with van der Waals surface area (Å²) in [5.41, 5.74) is 1.04. The van der Waals surface area contributed by atoms with Crippen molar-refractivity contribution < 1.29 is 9.53 Å². The second-order valence-electron chi connectivity index (χ2n) is 4.15. The van der Waals surface area contributed by atoms with Crippen LogP contribution >= 0.6 is 0 Å². The van der Waals surface area contributed by atoms with E-state index in [-0.39, 0.29) is 5.92 Å². The van der Waals surface area contributed by atoms with Crippen LogP contribution in [0.4, 0.5) is 0 Å². The van der Waals surface area contributed by atoms with Crippen molar-refractivity contribution in [2.24, 2.45) is 5.92 Å². The van der Waals surface area contributed by atoms with E-state index in [2.05, 4.69) is 13.8 Å². The van der Waals surface area contributed by atoms with Gasteiger partial charge in [0.2, 0.25) is 0 Å². The summed E-state index contributed by atoms with van der Waals surface area (Å²) < 4.78 is 5.14. The summed E-state index contributed by atoms with van der Waals surface area (Å²) in [5, 5.41) is 0. The molecule has 1 rings (SSSR count). The van der Waals surface area contributed by atoms with Gasteiger partial charge in [0.15, 0.2) is 0 Å². The topological polar surface area (TPSA) is 26.3 Å². The van der Waals surface area contributed by atoms with Crippen LogP contribution in [0.2, 0.25) is 0 Å². The predicted octanol–water partition coefficient (Wildman–Crippen LogP) is 3.02. The number of ether oxygens (including phenoxy) is 1. The van der Waals surface area contributed by atoms with Gasteiger partial charge in [-0.3, -0.25) is 0 Å². The summed E-state index contributed by atoms with van der Waals surface area (Å²) in [7, 11) is 1.64. The summed E-state index contributed by atoms with van der Waals surface area (Å²) >= 11 is 0. The summed E-state index contributed by atoms with van der Waals surface area (Å²) in [6.07, 6.45) is 1.91. The highest BCUT2D eigenvalue weighted by molar-refractivity contribution is 5.62. The highest BCUT2D eigenvalue weighted by Crippen LogP contribution is 2.24. The lowest BCUT2D eigenvalue weighted by Gasteiger charge is -2.13. The second kappa shape index (κ2) is 5.54. The molecule has 1 aromatic carbocycles. The molecule has 2 nitrogen and oxygen atoms in total. The van der Waals surface area contributed by atoms with Crippen molar-refractivity contribution in [1.82, 2.24) is 0 Å². The molecule has 0 saturated heterocycles. The molecule has 0 bridgehead atoms. The lowest BCUT2D eigenvalue weighted by Crippen LogP contribution is -2.04. The van der Waals surface area contributed by atoms with Gasteiger partial charge in [0, 0.05) is 5.92 Å². The van der Waals surface area contributed by atoms with Crippen LogP contribution in [-0.2, 0) is 4.79 Å². The number of carbonyl (C=O) groups excluding carboxylic acids is 1. The first kappa shape index (κ1) is 11.8. The van der Waals surface area contributed by atoms with Crippen molar-refractivity contribution in [1.29, 1.82) is 0 Å². The van der Waals surface area contributed by atoms with Gasteiger partial charge in [-0.2, -0.15) is 0 Å². The smallest absolute Gasteiger partial charge is 0.127 e. The quantitative estimate of drug-likeness (QED) is 0.692. The monoisotopic (exact) mass is 206 g/mol. The number of methoxy groups -OCH3 is 1. The summed E-state index contributed by atoms with van der Waals surface area (Å²) in [4.78, 5) is 11.0. The van der Waals surface area contributed by atoms with Gasteiger partial charge < -0.3 is 9.53 Å². The van der Waals surface area contributed by atoms with Crippen LogP contribution < -0.4 is 4.74 Å². The Morgan fingerprint density at radius 2 is 2.13 bits per heavy atom. The van der Waals surface area contributed by atoms with Crippen molar-refractivity contribution in [3.05, 3.63) is 29.8 Å². The third-order valence-electron chi connectivity index (χ3n) is 2.41. The summed E-state index contributed by atoms with van der Waals surface area (Å²) in [6.45, 7) is 4.24. The van der Waals surface area contributed by atoms with E-state index in [4.69, 9.17) is 4.74 Å². The Kier molecular flexibility index (Phi) is 4.35. The average molecular weight is 206 g/mol. The molecule has 1 unspecified atom stereocenters. The molecule has 0 aliphatic heterocycles. The normalized spacial score (nSPS) is 12.5. The van der Waals surface area contributed by atoms with Gasteiger partial charge in [0.25, 0.3) is 0 Å². The average Bonchev–Trinajstić information content (AvgIpc) is 2.25. The molecule has 0 saturated carbocycles. The number of aldehydes is 1. The molecule has 0 radical (unpaired) electrons. The third-order valence-corrected chi connectivity index (χ3v) is 2.41. The van der Waals surface area contributed by atoms with E-state index in [0.29, 0.717) is 5.92 Å². The van der Waals surface area contributed by atoms with Crippen LogP contribution in [0.25, 0.3) is 0 Å². The van der Waals surface area contributed by atoms with Crippen LogP contribution in [0.3, 0.4) is 0 Å². The minimum absolute atomic E-state index is 0.0138. The molecule has 2 heteroatoms. The molecule has 0 spiro atoms. The fourth-order valence-corrected chi connectivity index (χ4v) is 1.65. The molecule has 1 aromatic rings. The second-order valence-corrected chi connectivity index (χ2v) is 4.15. The first-order valence-electron chi connectivity index (χ1n) is 5.26. The molecular formula is C13H18O2. The van der Waals surface area contributed by atoms with Crippen molar-refractivity contribution in [3.63, 3.8) is 0 Å². The van der Waals surface area contributed by atoms with E-state index >= 15 is 0 Å². The molecule has 0 amide bonds. The number of benzene rings is 1. The predicted molar refractivity (Wildman–Crippen MR) is 61.3 cm³/mol. The lowest BCUT2D eigenvalue weighted by atomic mass is 9.91. The van der Waals surface area contributed by atoms with E-state index < -0.39 is 0 Å². The van der Waals surface area contributed by atoms with Crippen LogP contribution in [0.5, 0.6) is 5.75 Å². The fourth-order valence-electron chi connectivity index (χ4n) is 1.65. The van der Waals surface area contributed by atoms with Crippen LogP contribution in [-0.4, -0.2) is 13.4 Å². The zero-order valence-corrected chi connectivity index (χ0v) is 9.57. The maximum absolute atomic E-state index is 11.0. The molecule has 0 aromatic heterocycles. The van der Waals surface area contributed by atoms with Crippen LogP contribution in [0.1, 0.15) is 31.7 Å². The van der Waals surface area contributed by atoms with Gasteiger partial charge in [0.05, 0.1) is 7.11 Å². The number of hydrogen-bond donors (Lipinski definition) is 0. The van der Waals surface area contributed by atoms with Crippen molar-refractivity contribution in [2.45, 2.75) is 26.2 Å². The first-order valence-corrected chi connectivity index (χ1v) is 5.26. The van der Waals surface area contributed by atoms with Gasteiger partial charge in [-0.25, -0.2) is 0 Å². The van der Waals surface area contributed by atoms with E-state index in [1.807, 2.05) is 24.3 Å². The lowest BCUT2D eigenvalue weighted by molar-refractivity contribution is -0.109. The minimum Gasteiger partial charge on any atom is -0.497 e. The molecule has 0 heterocycles. The van der Waals surface area contributed by atoms with Crippen molar-refractivity contribution in [3.8, 4) is 5.75 Å². The zero-order chi connectivity index (χ0) is 11.3. The largest absolute Gasteiger partial charge is 0.497 e. The minimum atomic E-state index is -0.0138. The van der Waals surface area contributed by atoms with Crippen LogP contribution in [0.15, 0.2) is 24.3 Å². The van der Waals surface area contributed by atoms with Gasteiger partial charge in [-0.15, -0.1) is 0 Å². The highest BCUT2D eigenvalue weighted by Gasteiger charge is 2.12. The molecule has 15 heavy (non-hydrogen) atoms. The Bertz CT molecular complexity index is 318. The maximum Gasteiger partial charge on any atom is 0.127 e. The van der Waals surface area contributed by atoms with Gasteiger partial charge in [-0.1, -0.05) is 26.0 Å². The van der Waals surface area contributed by atoms with E-state index in [1.54, 1.807) is 7.11 Å². The summed E-state index contributed by atoms with van der Waals surface area (Å²) in [5.74, 6) is 1.31. The molecule has 0 fully saturated rings. The SMILES string of the molecule is COc1cccc(C(C=O)CC(C)C)c1. The Hall–Kier alpha value is -1.31. The Balaban J connectivity index is 2.86. The van der Waals surface area contributed by atoms with E-state index in [0.717, 1.165) is 24.0 Å². The van der Waals surface area contributed by atoms with Gasteiger partial charge in [0.1, 0.15) is 12.0 Å². The number of hydrogen-bond acceptors (Lipinski definition) is 2. The van der Waals surface area contributed by atoms with Crippen molar-refractivity contribution in [2.75, 3.05) is 7.11 Å². The summed E-state index contributed by atoms with van der Waals surface area (Å²) in [6, 6.07) is 7.72. The number of carbonyl (C=O) groups is 1. The third kappa shape index (κ3) is 3.39. The van der Waals surface area contributed by atoms with Gasteiger partial charge in [-0.05, 0) is 30.0 Å². The van der Waals surface area contributed by atoms with Crippen LogP contribution in [0, 0.1) is 5.92 Å². The molecule has 0 aliphatic carbocycles. The Labute approximate surface area is 91.3 Å². The van der Waals surface area contributed by atoms with E-state index in [9.17, 15) is 4.79 Å². The zero-order valence-electron chi connectivity index (χ0n) is 9.57. The molecule has 0 N–H and O–H groups in total.